The molecule has 2 rings (SSSR count). The third kappa shape index (κ3) is 4.14. The van der Waals surface area contributed by atoms with Gasteiger partial charge in [-0.05, 0) is 18.2 Å². The average molecular weight is 298 g/mol. The van der Waals surface area contributed by atoms with Crippen molar-refractivity contribution in [1.82, 2.24) is 10.4 Å². The van der Waals surface area contributed by atoms with Gasteiger partial charge in [0, 0.05) is 18.0 Å². The predicted octanol–water partition coefficient (Wildman–Crippen LogP) is 1.18. The first-order valence-corrected chi connectivity index (χ1v) is 6.38. The molecule has 0 aliphatic carbocycles. The van der Waals surface area contributed by atoms with Crippen LogP contribution in [-0.2, 0) is 9.59 Å². The van der Waals surface area contributed by atoms with E-state index in [4.69, 9.17) is 4.74 Å². The van der Waals surface area contributed by atoms with E-state index in [1.807, 2.05) is 0 Å². The summed E-state index contributed by atoms with van der Waals surface area (Å²) in [7, 11) is 1.48. The van der Waals surface area contributed by atoms with Gasteiger partial charge in [-0.15, -0.1) is 0 Å². The topological polar surface area (TPSA) is 92.7 Å². The third-order valence-corrected chi connectivity index (χ3v) is 2.63. The Bertz CT molecular complexity index is 686. The summed E-state index contributed by atoms with van der Waals surface area (Å²) < 4.78 is 5.08. The standard InChI is InChI=1S/C15H14N4O3/c1-22-13-7-3-2-6-12(13)18-14(20)15(21)19-17-10-11-5-4-8-16-9-11/h2-10H,1H3,(H,18,20)(H,19,21). The highest BCUT2D eigenvalue weighted by Gasteiger charge is 2.14. The van der Waals surface area contributed by atoms with Crippen molar-refractivity contribution in [2.45, 2.75) is 0 Å². The fraction of sp³-hybridized carbons (Fsp3) is 0.0667. The number of hydrogen-bond donors (Lipinski definition) is 2. The molecule has 0 unspecified atom stereocenters. The Hall–Kier alpha value is -3.22. The highest BCUT2D eigenvalue weighted by Crippen LogP contribution is 2.22. The number of aromatic nitrogens is 1. The van der Waals surface area contributed by atoms with Crippen molar-refractivity contribution in [2.75, 3.05) is 12.4 Å². The number of hydrazone groups is 1. The second kappa shape index (κ2) is 7.53. The summed E-state index contributed by atoms with van der Waals surface area (Å²) in [5, 5.41) is 6.14. The van der Waals surface area contributed by atoms with Crippen LogP contribution in [0.25, 0.3) is 0 Å². The number of ether oxygens (including phenoxy) is 1. The van der Waals surface area contributed by atoms with Crippen LogP contribution in [0.4, 0.5) is 5.69 Å². The van der Waals surface area contributed by atoms with E-state index in [2.05, 4.69) is 20.8 Å². The molecule has 2 N–H and O–H groups in total. The molecule has 1 aromatic carbocycles. The minimum atomic E-state index is -0.883. The molecule has 0 bridgehead atoms. The van der Waals surface area contributed by atoms with Crippen LogP contribution < -0.4 is 15.5 Å². The molecule has 22 heavy (non-hydrogen) atoms. The number of rotatable bonds is 4. The molecule has 2 amide bonds. The maximum atomic E-state index is 11.8. The number of anilines is 1. The SMILES string of the molecule is COc1ccccc1NC(=O)C(=O)NN=Cc1cccnc1. The van der Waals surface area contributed by atoms with Crippen molar-refractivity contribution >= 4 is 23.7 Å². The average Bonchev–Trinajstić information content (AvgIpc) is 2.56. The number of carbonyl (C=O) groups excluding carboxylic acids is 2. The zero-order chi connectivity index (χ0) is 15.8. The summed E-state index contributed by atoms with van der Waals surface area (Å²) in [5.41, 5.74) is 3.24. The van der Waals surface area contributed by atoms with Gasteiger partial charge in [0.2, 0.25) is 0 Å². The lowest BCUT2D eigenvalue weighted by molar-refractivity contribution is -0.136. The first-order valence-electron chi connectivity index (χ1n) is 6.38. The number of benzene rings is 1. The van der Waals surface area contributed by atoms with Crippen LogP contribution >= 0.6 is 0 Å². The Morgan fingerprint density at radius 3 is 2.73 bits per heavy atom. The number of amides is 2. The molecule has 0 fully saturated rings. The van der Waals surface area contributed by atoms with Gasteiger partial charge in [-0.3, -0.25) is 14.6 Å². The summed E-state index contributed by atoms with van der Waals surface area (Å²) in [6, 6.07) is 10.3. The first kappa shape index (κ1) is 15.2. The second-order valence-corrected chi connectivity index (χ2v) is 4.14. The molecule has 2 aromatic rings. The van der Waals surface area contributed by atoms with Gasteiger partial charge >= 0.3 is 11.8 Å². The molecule has 7 heteroatoms. The quantitative estimate of drug-likeness (QED) is 0.503. The minimum absolute atomic E-state index is 0.404. The van der Waals surface area contributed by atoms with Crippen molar-refractivity contribution in [3.8, 4) is 5.75 Å². The molecule has 0 atom stereocenters. The molecule has 112 valence electrons. The van der Waals surface area contributed by atoms with E-state index >= 15 is 0 Å². The van der Waals surface area contributed by atoms with Gasteiger partial charge in [0.05, 0.1) is 19.0 Å². The highest BCUT2D eigenvalue weighted by atomic mass is 16.5. The summed E-state index contributed by atoms with van der Waals surface area (Å²) in [6.07, 6.45) is 4.59. The fourth-order valence-corrected chi connectivity index (χ4v) is 1.60. The van der Waals surface area contributed by atoms with Crippen molar-refractivity contribution in [1.29, 1.82) is 0 Å². The Balaban J connectivity index is 1.92. The molecule has 0 aliphatic rings. The van der Waals surface area contributed by atoms with E-state index in [0.717, 1.165) is 0 Å². The van der Waals surface area contributed by atoms with Gasteiger partial charge < -0.3 is 10.1 Å². The van der Waals surface area contributed by atoms with Crippen molar-refractivity contribution in [2.24, 2.45) is 5.10 Å². The minimum Gasteiger partial charge on any atom is -0.495 e. The van der Waals surface area contributed by atoms with Crippen LogP contribution in [0.3, 0.4) is 0 Å². The molecule has 1 aromatic heterocycles. The van der Waals surface area contributed by atoms with Crippen molar-refractivity contribution in [3.05, 3.63) is 54.4 Å². The smallest absolute Gasteiger partial charge is 0.329 e. The molecular formula is C15H14N4O3. The maximum Gasteiger partial charge on any atom is 0.329 e. The van der Waals surface area contributed by atoms with Crippen LogP contribution in [0.15, 0.2) is 53.9 Å². The zero-order valence-electron chi connectivity index (χ0n) is 11.8. The Labute approximate surface area is 127 Å². The van der Waals surface area contributed by atoms with Gasteiger partial charge in [0.15, 0.2) is 0 Å². The van der Waals surface area contributed by atoms with Crippen LogP contribution in [0, 0.1) is 0 Å². The van der Waals surface area contributed by atoms with Gasteiger partial charge in [0.25, 0.3) is 0 Å². The summed E-state index contributed by atoms with van der Waals surface area (Å²) in [4.78, 5) is 27.3. The molecule has 0 aliphatic heterocycles. The number of hydrogen-bond acceptors (Lipinski definition) is 5. The largest absolute Gasteiger partial charge is 0.495 e. The van der Waals surface area contributed by atoms with E-state index in [1.54, 1.807) is 48.8 Å². The lowest BCUT2D eigenvalue weighted by Gasteiger charge is -2.08. The molecular weight excluding hydrogens is 284 g/mol. The number of carbonyl (C=O) groups is 2. The number of pyridine rings is 1. The Morgan fingerprint density at radius 2 is 2.00 bits per heavy atom. The summed E-state index contributed by atoms with van der Waals surface area (Å²) in [5.74, 6) is -1.26. The van der Waals surface area contributed by atoms with Crippen LogP contribution in [0.5, 0.6) is 5.75 Å². The van der Waals surface area contributed by atoms with E-state index in [0.29, 0.717) is 17.0 Å². The van der Waals surface area contributed by atoms with Crippen molar-refractivity contribution < 1.29 is 14.3 Å². The third-order valence-electron chi connectivity index (χ3n) is 2.63. The molecule has 0 radical (unpaired) electrons. The molecule has 0 saturated heterocycles. The maximum absolute atomic E-state index is 11.8. The summed E-state index contributed by atoms with van der Waals surface area (Å²) in [6.45, 7) is 0. The van der Waals surface area contributed by atoms with Crippen LogP contribution in [0.2, 0.25) is 0 Å². The van der Waals surface area contributed by atoms with E-state index in [9.17, 15) is 9.59 Å². The lowest BCUT2D eigenvalue weighted by Crippen LogP contribution is -2.32. The van der Waals surface area contributed by atoms with Gasteiger partial charge in [-0.1, -0.05) is 18.2 Å². The number of methoxy groups -OCH3 is 1. The normalized spacial score (nSPS) is 10.2. The highest BCUT2D eigenvalue weighted by molar-refractivity contribution is 6.39. The van der Waals surface area contributed by atoms with E-state index in [-0.39, 0.29) is 0 Å². The Morgan fingerprint density at radius 1 is 1.18 bits per heavy atom. The zero-order valence-corrected chi connectivity index (χ0v) is 11.8. The Kier molecular flexibility index (Phi) is 5.20. The number of para-hydroxylation sites is 2. The number of nitrogens with zero attached hydrogens (tertiary/aromatic N) is 2. The molecule has 0 spiro atoms. The second-order valence-electron chi connectivity index (χ2n) is 4.14. The van der Waals surface area contributed by atoms with Crippen LogP contribution in [0.1, 0.15) is 5.56 Å². The molecule has 1 heterocycles. The van der Waals surface area contributed by atoms with E-state index in [1.165, 1.54) is 13.3 Å². The van der Waals surface area contributed by atoms with Gasteiger partial charge in [-0.25, -0.2) is 5.43 Å². The fourth-order valence-electron chi connectivity index (χ4n) is 1.60. The van der Waals surface area contributed by atoms with Crippen LogP contribution in [-0.4, -0.2) is 30.1 Å². The monoisotopic (exact) mass is 298 g/mol. The summed E-state index contributed by atoms with van der Waals surface area (Å²) >= 11 is 0. The number of nitrogens with one attached hydrogen (secondary N) is 2. The predicted molar refractivity (Wildman–Crippen MR) is 81.6 cm³/mol. The van der Waals surface area contributed by atoms with Crippen molar-refractivity contribution in [3.63, 3.8) is 0 Å². The van der Waals surface area contributed by atoms with E-state index < -0.39 is 11.8 Å². The van der Waals surface area contributed by atoms with Gasteiger partial charge in [-0.2, -0.15) is 5.10 Å². The molecule has 0 saturated carbocycles. The molecule has 7 nitrogen and oxygen atoms in total. The lowest BCUT2D eigenvalue weighted by atomic mass is 10.3. The van der Waals surface area contributed by atoms with Gasteiger partial charge in [0.1, 0.15) is 5.75 Å². The first-order chi connectivity index (χ1) is 10.7.